The van der Waals surface area contributed by atoms with Crippen molar-refractivity contribution in [2.45, 2.75) is 6.92 Å². The average molecular weight is 286 g/mol. The van der Waals surface area contributed by atoms with E-state index < -0.39 is 0 Å². The van der Waals surface area contributed by atoms with E-state index in [-0.39, 0.29) is 18.5 Å². The highest BCUT2D eigenvalue weighted by Crippen LogP contribution is 2.17. The molecule has 0 spiro atoms. The van der Waals surface area contributed by atoms with Crippen molar-refractivity contribution in [2.24, 2.45) is 0 Å². The third-order valence-electron chi connectivity index (χ3n) is 3.02. The first-order valence-electron chi connectivity index (χ1n) is 6.56. The number of carbonyl (C=O) groups is 1. The minimum absolute atomic E-state index is 0.0876. The molecule has 2 N–H and O–H groups in total. The van der Waals surface area contributed by atoms with Gasteiger partial charge in [0.1, 0.15) is 11.5 Å². The summed E-state index contributed by atoms with van der Waals surface area (Å²) >= 11 is 0. The second kappa shape index (κ2) is 6.65. The number of hydrogen-bond acceptors (Lipinski definition) is 3. The van der Waals surface area contributed by atoms with Gasteiger partial charge >= 0.3 is 6.03 Å². The number of ether oxygens (including phenoxy) is 1. The van der Waals surface area contributed by atoms with Crippen LogP contribution in [0.4, 0.5) is 10.5 Å². The molecule has 0 radical (unpaired) electrons. The van der Waals surface area contributed by atoms with Crippen molar-refractivity contribution in [1.82, 2.24) is 5.32 Å². The van der Waals surface area contributed by atoms with Crippen LogP contribution in [0.25, 0.3) is 0 Å². The molecule has 110 valence electrons. The lowest BCUT2D eigenvalue weighted by molar-refractivity contribution is 0.230. The van der Waals surface area contributed by atoms with Crippen LogP contribution in [0.5, 0.6) is 11.5 Å². The lowest BCUT2D eigenvalue weighted by atomic mass is 10.2. The van der Waals surface area contributed by atoms with Gasteiger partial charge in [0.05, 0.1) is 0 Å². The van der Waals surface area contributed by atoms with Crippen LogP contribution in [0.15, 0.2) is 48.5 Å². The lowest BCUT2D eigenvalue weighted by Gasteiger charge is -2.18. The molecule has 0 aliphatic rings. The van der Waals surface area contributed by atoms with Gasteiger partial charge in [-0.25, -0.2) is 4.79 Å². The predicted octanol–water partition coefficient (Wildman–Crippen LogP) is 2.88. The maximum absolute atomic E-state index is 11.9. The Balaban J connectivity index is 1.83. The van der Waals surface area contributed by atoms with Crippen LogP contribution in [0.1, 0.15) is 5.56 Å². The molecule has 0 atom stereocenters. The Hall–Kier alpha value is -2.69. The molecule has 2 aromatic rings. The summed E-state index contributed by atoms with van der Waals surface area (Å²) in [6.45, 7) is 2.09. The van der Waals surface area contributed by atoms with Gasteiger partial charge in [0.25, 0.3) is 0 Å². The van der Waals surface area contributed by atoms with E-state index in [2.05, 4.69) is 5.32 Å². The maximum Gasteiger partial charge on any atom is 0.324 e. The van der Waals surface area contributed by atoms with Crippen molar-refractivity contribution in [3.63, 3.8) is 0 Å². The van der Waals surface area contributed by atoms with Gasteiger partial charge in [0, 0.05) is 12.7 Å². The summed E-state index contributed by atoms with van der Waals surface area (Å²) in [6.07, 6.45) is 0. The van der Waals surface area contributed by atoms with Gasteiger partial charge in [-0.3, -0.25) is 4.90 Å². The number of rotatable bonds is 4. The second-order valence-electron chi connectivity index (χ2n) is 4.66. The van der Waals surface area contributed by atoms with E-state index in [9.17, 15) is 9.90 Å². The number of aromatic hydroxyl groups is 1. The van der Waals surface area contributed by atoms with E-state index in [0.717, 1.165) is 5.56 Å². The number of carbonyl (C=O) groups excluding carboxylic acids is 1. The van der Waals surface area contributed by atoms with Gasteiger partial charge in [-0.1, -0.05) is 17.7 Å². The molecular formula is C16H18N2O3. The van der Waals surface area contributed by atoms with Crippen molar-refractivity contribution < 1.29 is 14.6 Å². The van der Waals surface area contributed by atoms with E-state index in [1.165, 1.54) is 17.0 Å². The number of nitrogens with zero attached hydrogens (tertiary/aromatic N) is 1. The first kappa shape index (κ1) is 14.7. The number of phenolic OH excluding ortho intramolecular Hbond substituents is 1. The second-order valence-corrected chi connectivity index (χ2v) is 4.66. The Bertz CT molecular complexity index is 594. The topological polar surface area (TPSA) is 61.8 Å². The fourth-order valence-electron chi connectivity index (χ4n) is 1.73. The van der Waals surface area contributed by atoms with Crippen LogP contribution in [-0.2, 0) is 0 Å². The van der Waals surface area contributed by atoms with Gasteiger partial charge in [0.15, 0.2) is 6.73 Å². The number of nitrogens with one attached hydrogen (secondary N) is 1. The normalized spacial score (nSPS) is 10.0. The molecule has 0 aliphatic carbocycles. The summed E-state index contributed by atoms with van der Waals surface area (Å²) in [5.41, 5.74) is 1.83. The quantitative estimate of drug-likeness (QED) is 0.850. The zero-order valence-electron chi connectivity index (χ0n) is 12.0. The minimum atomic E-state index is -0.284. The van der Waals surface area contributed by atoms with Crippen molar-refractivity contribution in [3.8, 4) is 11.5 Å². The average Bonchev–Trinajstić information content (AvgIpc) is 2.49. The molecule has 0 unspecified atom stereocenters. The van der Waals surface area contributed by atoms with Crippen LogP contribution in [0, 0.1) is 6.92 Å². The first-order chi connectivity index (χ1) is 10.1. The Morgan fingerprint density at radius 3 is 2.38 bits per heavy atom. The van der Waals surface area contributed by atoms with E-state index in [4.69, 9.17) is 4.74 Å². The van der Waals surface area contributed by atoms with Gasteiger partial charge < -0.3 is 15.2 Å². The van der Waals surface area contributed by atoms with E-state index in [1.54, 1.807) is 19.2 Å². The molecule has 2 aromatic carbocycles. The van der Waals surface area contributed by atoms with E-state index >= 15 is 0 Å². The third kappa shape index (κ3) is 4.14. The molecule has 0 heterocycles. The van der Waals surface area contributed by atoms with Gasteiger partial charge in [0.2, 0.25) is 0 Å². The monoisotopic (exact) mass is 286 g/mol. The molecule has 5 heteroatoms. The fourth-order valence-corrected chi connectivity index (χ4v) is 1.73. The molecular weight excluding hydrogens is 268 g/mol. The zero-order chi connectivity index (χ0) is 15.2. The molecule has 21 heavy (non-hydrogen) atoms. The Labute approximate surface area is 123 Å². The van der Waals surface area contributed by atoms with Crippen molar-refractivity contribution in [2.75, 3.05) is 18.7 Å². The highest BCUT2D eigenvalue weighted by molar-refractivity contribution is 5.91. The summed E-state index contributed by atoms with van der Waals surface area (Å²) < 4.78 is 5.44. The van der Waals surface area contributed by atoms with Gasteiger partial charge in [-0.2, -0.15) is 0 Å². The van der Waals surface area contributed by atoms with E-state index in [0.29, 0.717) is 11.4 Å². The molecule has 0 aromatic heterocycles. The number of benzene rings is 2. The molecule has 0 fully saturated rings. The smallest absolute Gasteiger partial charge is 0.324 e. The molecule has 2 rings (SSSR count). The van der Waals surface area contributed by atoms with Crippen LogP contribution in [0.3, 0.4) is 0 Å². The summed E-state index contributed by atoms with van der Waals surface area (Å²) in [5.74, 6) is 0.864. The Kier molecular flexibility index (Phi) is 4.66. The third-order valence-corrected chi connectivity index (χ3v) is 3.02. The first-order valence-corrected chi connectivity index (χ1v) is 6.56. The highest BCUT2D eigenvalue weighted by Gasteiger charge is 2.10. The molecule has 0 aliphatic heterocycles. The summed E-state index contributed by atoms with van der Waals surface area (Å²) in [7, 11) is 1.65. The highest BCUT2D eigenvalue weighted by atomic mass is 16.5. The number of hydrogen-bond donors (Lipinski definition) is 2. The largest absolute Gasteiger partial charge is 0.508 e. The van der Waals surface area contributed by atoms with Crippen molar-refractivity contribution in [3.05, 3.63) is 54.1 Å². The van der Waals surface area contributed by atoms with Crippen molar-refractivity contribution in [1.29, 1.82) is 0 Å². The number of urea groups is 1. The van der Waals surface area contributed by atoms with Crippen LogP contribution in [-0.4, -0.2) is 24.9 Å². The van der Waals surface area contributed by atoms with E-state index in [1.807, 2.05) is 31.2 Å². The summed E-state index contributed by atoms with van der Waals surface area (Å²) in [4.78, 5) is 13.4. The maximum atomic E-state index is 11.9. The van der Waals surface area contributed by atoms with Crippen LogP contribution in [0.2, 0.25) is 0 Å². The fraction of sp³-hybridized carbons (Fsp3) is 0.188. The molecule has 0 bridgehead atoms. The van der Waals surface area contributed by atoms with Crippen molar-refractivity contribution >= 4 is 11.7 Å². The predicted molar refractivity (Wildman–Crippen MR) is 81.7 cm³/mol. The lowest BCUT2D eigenvalue weighted by Crippen LogP contribution is -2.39. The number of amides is 2. The zero-order valence-corrected chi connectivity index (χ0v) is 12.0. The number of aryl methyl sites for hydroxylation is 1. The molecule has 0 saturated heterocycles. The van der Waals surface area contributed by atoms with Gasteiger partial charge in [-0.05, 0) is 43.3 Å². The summed E-state index contributed by atoms with van der Waals surface area (Å²) in [5, 5.41) is 11.9. The van der Waals surface area contributed by atoms with Crippen LogP contribution < -0.4 is 15.0 Å². The SMILES string of the molecule is Cc1ccc(OCNC(=O)N(C)c2ccc(O)cc2)cc1. The Morgan fingerprint density at radius 1 is 1.14 bits per heavy atom. The standard InChI is InChI=1S/C16H18N2O3/c1-12-3-9-15(10-4-12)21-11-17-16(20)18(2)13-5-7-14(19)8-6-13/h3-10,19H,11H2,1-2H3,(H,17,20). The van der Waals surface area contributed by atoms with Crippen LogP contribution >= 0.6 is 0 Å². The van der Waals surface area contributed by atoms with Gasteiger partial charge in [-0.15, -0.1) is 0 Å². The molecule has 5 nitrogen and oxygen atoms in total. The Morgan fingerprint density at radius 2 is 1.76 bits per heavy atom. The summed E-state index contributed by atoms with van der Waals surface area (Å²) in [6, 6.07) is 13.7. The number of phenols is 1. The minimum Gasteiger partial charge on any atom is -0.508 e. The molecule has 2 amide bonds. The molecule has 0 saturated carbocycles. The number of anilines is 1.